The molecule has 2 nitrogen and oxygen atoms in total. The van der Waals surface area contributed by atoms with E-state index in [2.05, 4.69) is 49.1 Å². The lowest BCUT2D eigenvalue weighted by Crippen LogP contribution is -2.39. The van der Waals surface area contributed by atoms with Gasteiger partial charge in [0.05, 0.1) is 5.02 Å². The van der Waals surface area contributed by atoms with Gasteiger partial charge in [-0.05, 0) is 61.2 Å². The van der Waals surface area contributed by atoms with Gasteiger partial charge >= 0.3 is 0 Å². The van der Waals surface area contributed by atoms with E-state index in [1.54, 1.807) is 0 Å². The van der Waals surface area contributed by atoms with Crippen molar-refractivity contribution < 1.29 is 5.11 Å². The Morgan fingerprint density at radius 2 is 1.75 bits per heavy atom. The molecule has 2 atom stereocenters. The van der Waals surface area contributed by atoms with Gasteiger partial charge in [0, 0.05) is 12.0 Å². The third kappa shape index (κ3) is 3.31. The average Bonchev–Trinajstić information content (AvgIpc) is 2.94. The van der Waals surface area contributed by atoms with Gasteiger partial charge < -0.3 is 5.11 Å². The molecule has 0 radical (unpaired) electrons. The van der Waals surface area contributed by atoms with E-state index in [0.29, 0.717) is 17.0 Å². The number of nitrogens with zero attached hydrogens (tertiary/aromatic N) is 1. The van der Waals surface area contributed by atoms with Crippen LogP contribution in [-0.4, -0.2) is 29.1 Å². The molecule has 0 aliphatic heterocycles. The van der Waals surface area contributed by atoms with Crippen LogP contribution in [0.15, 0.2) is 42.5 Å². The van der Waals surface area contributed by atoms with E-state index in [1.807, 2.05) is 12.1 Å². The summed E-state index contributed by atoms with van der Waals surface area (Å²) in [4.78, 5) is 2.61. The van der Waals surface area contributed by atoms with Crippen LogP contribution in [0.3, 0.4) is 0 Å². The lowest BCUT2D eigenvalue weighted by atomic mass is 9.89. The van der Waals surface area contributed by atoms with Crippen LogP contribution in [0, 0.1) is 0 Å². The zero-order chi connectivity index (χ0) is 17.1. The van der Waals surface area contributed by atoms with Crippen molar-refractivity contribution in [1.82, 2.24) is 4.90 Å². The van der Waals surface area contributed by atoms with E-state index in [4.69, 9.17) is 11.6 Å². The Hall–Kier alpha value is -1.51. The summed E-state index contributed by atoms with van der Waals surface area (Å²) >= 11 is 6.17. The maximum absolute atomic E-state index is 10.1. The predicted molar refractivity (Wildman–Crippen MR) is 101 cm³/mol. The van der Waals surface area contributed by atoms with Crippen molar-refractivity contribution in [2.45, 2.75) is 45.1 Å². The van der Waals surface area contributed by atoms with Crippen LogP contribution in [-0.2, 0) is 6.42 Å². The molecule has 1 N–H and O–H groups in total. The zero-order valence-corrected chi connectivity index (χ0v) is 15.3. The largest absolute Gasteiger partial charge is 0.506 e. The molecule has 2 aromatic carbocycles. The van der Waals surface area contributed by atoms with Gasteiger partial charge in [0.2, 0.25) is 0 Å². The normalized spacial score (nSPS) is 19.7. The summed E-state index contributed by atoms with van der Waals surface area (Å²) in [5.74, 6) is 0.483. The van der Waals surface area contributed by atoms with Crippen LogP contribution >= 0.6 is 11.6 Å². The molecule has 0 fully saturated rings. The first-order chi connectivity index (χ1) is 11.7. The van der Waals surface area contributed by atoms with Gasteiger partial charge in [-0.3, -0.25) is 4.90 Å². The van der Waals surface area contributed by atoms with Crippen LogP contribution in [0.25, 0.3) is 0 Å². The Labute approximate surface area is 150 Å². The molecule has 1 aliphatic rings. The zero-order valence-electron chi connectivity index (χ0n) is 14.5. The van der Waals surface area contributed by atoms with Gasteiger partial charge in [0.15, 0.2) is 0 Å². The highest BCUT2D eigenvalue weighted by Gasteiger charge is 2.37. The molecule has 128 valence electrons. The van der Waals surface area contributed by atoms with Gasteiger partial charge in [0.1, 0.15) is 5.75 Å². The van der Waals surface area contributed by atoms with Gasteiger partial charge in [0.25, 0.3) is 0 Å². The molecule has 0 aromatic heterocycles. The number of hydrogen-bond donors (Lipinski definition) is 1. The quantitative estimate of drug-likeness (QED) is 0.776. The number of phenolic OH excluding ortho intramolecular Hbond substituents is 1. The van der Waals surface area contributed by atoms with E-state index in [9.17, 15) is 5.11 Å². The molecule has 0 heterocycles. The first kappa shape index (κ1) is 17.3. The highest BCUT2D eigenvalue weighted by molar-refractivity contribution is 6.32. The Morgan fingerprint density at radius 1 is 1.08 bits per heavy atom. The number of phenols is 1. The van der Waals surface area contributed by atoms with Crippen molar-refractivity contribution in [2.24, 2.45) is 0 Å². The highest BCUT2D eigenvalue weighted by atomic mass is 35.5. The van der Waals surface area contributed by atoms with E-state index < -0.39 is 0 Å². The second-order valence-electron chi connectivity index (χ2n) is 6.70. The third-order valence-electron chi connectivity index (χ3n) is 5.01. The molecular weight excluding hydrogens is 318 g/mol. The third-order valence-corrected chi connectivity index (χ3v) is 5.31. The summed E-state index contributed by atoms with van der Waals surface area (Å²) in [6.45, 7) is 6.70. The molecule has 0 saturated carbocycles. The Bertz CT molecular complexity index is 680. The van der Waals surface area contributed by atoms with Crippen LogP contribution in [0.4, 0.5) is 0 Å². The molecule has 24 heavy (non-hydrogen) atoms. The molecular formula is C21H26ClNO. The van der Waals surface area contributed by atoms with E-state index in [-0.39, 0.29) is 5.75 Å². The standard InChI is InChI=1S/C21H26ClNO/c1-3-10-23(11-4-2)19-13-16-12-18(22)20(24)14-17(16)21(19)15-8-6-5-7-9-15/h5-9,12,14,19,21,24H,3-4,10-11,13H2,1-2H3/t19-,21-/m1/s1. The van der Waals surface area contributed by atoms with Crippen LogP contribution in [0.1, 0.15) is 49.3 Å². The topological polar surface area (TPSA) is 23.5 Å². The van der Waals surface area contributed by atoms with Crippen molar-refractivity contribution in [3.8, 4) is 5.75 Å². The van der Waals surface area contributed by atoms with Crippen LogP contribution < -0.4 is 0 Å². The van der Waals surface area contributed by atoms with Crippen molar-refractivity contribution in [3.05, 3.63) is 64.2 Å². The summed E-state index contributed by atoms with van der Waals surface area (Å²) in [5, 5.41) is 10.6. The minimum absolute atomic E-state index is 0.189. The van der Waals surface area contributed by atoms with E-state index in [0.717, 1.165) is 32.4 Å². The van der Waals surface area contributed by atoms with Crippen molar-refractivity contribution in [2.75, 3.05) is 13.1 Å². The fourth-order valence-electron chi connectivity index (χ4n) is 4.06. The fourth-order valence-corrected chi connectivity index (χ4v) is 4.24. The second-order valence-corrected chi connectivity index (χ2v) is 7.11. The number of fused-ring (bicyclic) bond motifs is 1. The summed E-state index contributed by atoms with van der Waals surface area (Å²) in [7, 11) is 0. The smallest absolute Gasteiger partial charge is 0.134 e. The van der Waals surface area contributed by atoms with Gasteiger partial charge in [-0.25, -0.2) is 0 Å². The van der Waals surface area contributed by atoms with Gasteiger partial charge in [-0.2, -0.15) is 0 Å². The molecule has 1 aliphatic carbocycles. The summed E-state index contributed by atoms with van der Waals surface area (Å²) in [6.07, 6.45) is 3.30. The van der Waals surface area contributed by atoms with Crippen LogP contribution in [0.5, 0.6) is 5.75 Å². The number of halogens is 1. The minimum atomic E-state index is 0.189. The maximum atomic E-state index is 10.1. The molecule has 3 heteroatoms. The lowest BCUT2D eigenvalue weighted by Gasteiger charge is -2.33. The number of hydrogen-bond acceptors (Lipinski definition) is 2. The van der Waals surface area contributed by atoms with Crippen molar-refractivity contribution in [1.29, 1.82) is 0 Å². The van der Waals surface area contributed by atoms with Gasteiger partial charge in [-0.15, -0.1) is 0 Å². The number of rotatable bonds is 6. The second kappa shape index (κ2) is 7.58. The fraction of sp³-hybridized carbons (Fsp3) is 0.429. The number of benzene rings is 2. The Kier molecular flexibility index (Phi) is 5.47. The molecule has 0 saturated heterocycles. The molecule has 0 unspecified atom stereocenters. The molecule has 0 amide bonds. The summed E-state index contributed by atoms with van der Waals surface area (Å²) < 4.78 is 0. The maximum Gasteiger partial charge on any atom is 0.134 e. The van der Waals surface area contributed by atoms with Gasteiger partial charge in [-0.1, -0.05) is 55.8 Å². The van der Waals surface area contributed by atoms with Crippen molar-refractivity contribution in [3.63, 3.8) is 0 Å². The van der Waals surface area contributed by atoms with Crippen LogP contribution in [0.2, 0.25) is 5.02 Å². The first-order valence-electron chi connectivity index (χ1n) is 8.96. The molecule has 0 bridgehead atoms. The average molecular weight is 344 g/mol. The SMILES string of the molecule is CCCN(CCC)[C@@H]1Cc2cc(Cl)c(O)cc2[C@H]1c1ccccc1. The summed E-state index contributed by atoms with van der Waals surface area (Å²) in [5.41, 5.74) is 3.82. The Morgan fingerprint density at radius 3 is 2.38 bits per heavy atom. The van der Waals surface area contributed by atoms with E-state index in [1.165, 1.54) is 16.7 Å². The monoisotopic (exact) mass is 343 g/mol. The minimum Gasteiger partial charge on any atom is -0.506 e. The van der Waals surface area contributed by atoms with Crippen molar-refractivity contribution >= 4 is 11.6 Å². The highest BCUT2D eigenvalue weighted by Crippen LogP contribution is 2.44. The summed E-state index contributed by atoms with van der Waals surface area (Å²) in [6, 6.07) is 14.9. The lowest BCUT2D eigenvalue weighted by molar-refractivity contribution is 0.189. The molecule has 3 rings (SSSR count). The number of aromatic hydroxyl groups is 1. The first-order valence-corrected chi connectivity index (χ1v) is 9.33. The molecule has 2 aromatic rings. The molecule has 0 spiro atoms. The van der Waals surface area contributed by atoms with E-state index >= 15 is 0 Å². The predicted octanol–water partition coefficient (Wildman–Crippen LogP) is 5.22. The Balaban J connectivity index is 2.05.